The van der Waals surface area contributed by atoms with Gasteiger partial charge in [0.05, 0.1) is 4.92 Å². The first-order valence-corrected chi connectivity index (χ1v) is 4.58. The molecule has 0 atom stereocenters. The predicted octanol–water partition coefficient (Wildman–Crippen LogP) is 3.23. The second-order valence-electron chi connectivity index (χ2n) is 2.71. The lowest BCUT2D eigenvalue weighted by molar-refractivity contribution is -0.422. The van der Waals surface area contributed by atoms with Crippen molar-refractivity contribution in [2.24, 2.45) is 0 Å². The van der Waals surface area contributed by atoms with Crippen LogP contribution in [-0.2, 0) is 0 Å². The van der Waals surface area contributed by atoms with Gasteiger partial charge in [-0.1, -0.05) is 15.9 Å². The molecule has 1 aromatic rings. The van der Waals surface area contributed by atoms with Crippen LogP contribution in [0, 0.1) is 15.9 Å². The molecule has 0 fully saturated rings. The van der Waals surface area contributed by atoms with Crippen molar-refractivity contribution in [3.05, 3.63) is 49.9 Å². The number of rotatable bonds is 2. The zero-order chi connectivity index (χ0) is 10.7. The molecule has 3 nitrogen and oxygen atoms in total. The average molecular weight is 260 g/mol. The molecule has 0 radical (unpaired) electrons. The highest BCUT2D eigenvalue weighted by Crippen LogP contribution is 2.20. The van der Waals surface area contributed by atoms with E-state index in [1.54, 1.807) is 0 Å². The molecule has 0 heterocycles. The van der Waals surface area contributed by atoms with Gasteiger partial charge in [0.15, 0.2) is 0 Å². The first kappa shape index (κ1) is 10.8. The molecule has 0 aliphatic carbocycles. The molecule has 14 heavy (non-hydrogen) atoms. The maximum Gasteiger partial charge on any atom is 0.243 e. The molecule has 0 spiro atoms. The minimum atomic E-state index is -0.517. The monoisotopic (exact) mass is 259 g/mol. The van der Waals surface area contributed by atoms with Gasteiger partial charge in [0.2, 0.25) is 5.70 Å². The molecule has 5 heteroatoms. The minimum absolute atomic E-state index is 0.0312. The van der Waals surface area contributed by atoms with Crippen molar-refractivity contribution < 1.29 is 9.31 Å². The molecular weight excluding hydrogens is 253 g/mol. The quantitative estimate of drug-likeness (QED) is 0.605. The van der Waals surface area contributed by atoms with Crippen LogP contribution in [0.3, 0.4) is 0 Å². The van der Waals surface area contributed by atoms with Gasteiger partial charge in [-0.15, -0.1) is 0 Å². The zero-order valence-corrected chi connectivity index (χ0v) is 8.92. The summed E-state index contributed by atoms with van der Waals surface area (Å²) in [5, 5.41) is 10.3. The lowest BCUT2D eigenvalue weighted by atomic mass is 10.2. The summed E-state index contributed by atoms with van der Waals surface area (Å²) in [6, 6.07) is 4.02. The Labute approximate surface area is 88.5 Å². The summed E-state index contributed by atoms with van der Waals surface area (Å²) in [6.07, 6.45) is 1.31. The van der Waals surface area contributed by atoms with Gasteiger partial charge >= 0.3 is 0 Å². The molecule has 0 aliphatic rings. The molecule has 0 bridgehead atoms. The van der Waals surface area contributed by atoms with E-state index in [2.05, 4.69) is 15.9 Å². The predicted molar refractivity (Wildman–Crippen MR) is 54.7 cm³/mol. The first-order valence-electron chi connectivity index (χ1n) is 3.78. The van der Waals surface area contributed by atoms with E-state index in [1.165, 1.54) is 31.2 Å². The number of hydrogen-bond acceptors (Lipinski definition) is 2. The normalized spacial score (nSPS) is 11.5. The summed E-state index contributed by atoms with van der Waals surface area (Å²) in [5.74, 6) is -0.421. The smallest absolute Gasteiger partial charge is 0.243 e. The maximum atomic E-state index is 12.8. The molecule has 0 saturated heterocycles. The summed E-state index contributed by atoms with van der Waals surface area (Å²) in [6.45, 7) is 1.36. The van der Waals surface area contributed by atoms with Gasteiger partial charge in [-0.2, -0.15) is 0 Å². The van der Waals surface area contributed by atoms with Gasteiger partial charge in [-0.25, -0.2) is 4.39 Å². The first-order chi connectivity index (χ1) is 6.50. The van der Waals surface area contributed by atoms with Crippen LogP contribution in [0.4, 0.5) is 4.39 Å². The van der Waals surface area contributed by atoms with Gasteiger partial charge in [0, 0.05) is 17.5 Å². The fraction of sp³-hybridized carbons (Fsp3) is 0.111. The van der Waals surface area contributed by atoms with Gasteiger partial charge in [-0.3, -0.25) is 10.1 Å². The van der Waals surface area contributed by atoms with Crippen molar-refractivity contribution in [1.29, 1.82) is 0 Å². The molecule has 0 amide bonds. The second-order valence-corrected chi connectivity index (χ2v) is 3.56. The summed E-state index contributed by atoms with van der Waals surface area (Å²) < 4.78 is 13.4. The lowest BCUT2D eigenvalue weighted by Crippen LogP contribution is -1.93. The second kappa shape index (κ2) is 4.32. The van der Waals surface area contributed by atoms with Gasteiger partial charge in [0.1, 0.15) is 5.82 Å². The summed E-state index contributed by atoms with van der Waals surface area (Å²) in [4.78, 5) is 9.81. The van der Waals surface area contributed by atoms with Crippen molar-refractivity contribution in [3.63, 3.8) is 0 Å². The van der Waals surface area contributed by atoms with Crippen LogP contribution in [0.1, 0.15) is 12.5 Å². The molecule has 0 unspecified atom stereocenters. The highest BCUT2D eigenvalue weighted by Gasteiger charge is 2.05. The number of nitrogens with zero attached hydrogens (tertiary/aromatic N) is 1. The maximum absolute atomic E-state index is 12.8. The van der Waals surface area contributed by atoms with Crippen molar-refractivity contribution in [2.75, 3.05) is 0 Å². The minimum Gasteiger partial charge on any atom is -0.259 e. The van der Waals surface area contributed by atoms with E-state index in [9.17, 15) is 14.5 Å². The van der Waals surface area contributed by atoms with Crippen LogP contribution in [0.15, 0.2) is 28.4 Å². The molecule has 0 saturated carbocycles. The van der Waals surface area contributed by atoms with E-state index >= 15 is 0 Å². The molecule has 0 N–H and O–H groups in total. The molecule has 1 rings (SSSR count). The van der Waals surface area contributed by atoms with Crippen molar-refractivity contribution in [3.8, 4) is 0 Å². The highest BCUT2D eigenvalue weighted by atomic mass is 79.9. The number of benzene rings is 1. The SMILES string of the molecule is C/C(=C/c1cc(F)ccc1Br)[N+](=O)[O-]. The van der Waals surface area contributed by atoms with E-state index in [1.807, 2.05) is 0 Å². The Morgan fingerprint density at radius 1 is 1.64 bits per heavy atom. The topological polar surface area (TPSA) is 43.1 Å². The number of allylic oxidation sites excluding steroid dienone is 1. The van der Waals surface area contributed by atoms with E-state index in [4.69, 9.17) is 0 Å². The molecular formula is C9H7BrFNO2. The van der Waals surface area contributed by atoms with Gasteiger partial charge in [0.25, 0.3) is 0 Å². The van der Waals surface area contributed by atoms with Gasteiger partial charge in [-0.05, 0) is 23.8 Å². The van der Waals surface area contributed by atoms with Crippen LogP contribution in [0.5, 0.6) is 0 Å². The third-order valence-electron chi connectivity index (χ3n) is 1.61. The summed E-state index contributed by atoms with van der Waals surface area (Å²) in [7, 11) is 0. The summed E-state index contributed by atoms with van der Waals surface area (Å²) >= 11 is 3.17. The summed E-state index contributed by atoms with van der Waals surface area (Å²) in [5.41, 5.74) is 0.426. The van der Waals surface area contributed by atoms with Crippen molar-refractivity contribution in [1.82, 2.24) is 0 Å². The number of nitro groups is 1. The Bertz CT molecular complexity index is 404. The Morgan fingerprint density at radius 3 is 2.86 bits per heavy atom. The standard InChI is InChI=1S/C9H7BrFNO2/c1-6(12(13)14)4-7-5-8(11)2-3-9(7)10/h2-5H,1H3/b6-4-. The van der Waals surface area contributed by atoms with Gasteiger partial charge < -0.3 is 0 Å². The highest BCUT2D eigenvalue weighted by molar-refractivity contribution is 9.10. The Hall–Kier alpha value is -1.23. The van der Waals surface area contributed by atoms with E-state index in [-0.39, 0.29) is 5.70 Å². The molecule has 0 aromatic heterocycles. The average Bonchev–Trinajstić information content (AvgIpc) is 2.11. The van der Waals surface area contributed by atoms with Crippen LogP contribution in [0.25, 0.3) is 6.08 Å². The Kier molecular flexibility index (Phi) is 3.35. The fourth-order valence-electron chi connectivity index (χ4n) is 0.903. The number of hydrogen-bond donors (Lipinski definition) is 0. The Morgan fingerprint density at radius 2 is 2.29 bits per heavy atom. The largest absolute Gasteiger partial charge is 0.259 e. The van der Waals surface area contributed by atoms with Crippen molar-refractivity contribution in [2.45, 2.75) is 6.92 Å². The lowest BCUT2D eigenvalue weighted by Gasteiger charge is -1.98. The Balaban J connectivity index is 3.13. The third kappa shape index (κ3) is 2.63. The van der Waals surface area contributed by atoms with E-state index in [0.29, 0.717) is 10.0 Å². The molecule has 74 valence electrons. The zero-order valence-electron chi connectivity index (χ0n) is 7.33. The molecule has 1 aromatic carbocycles. The number of halogens is 2. The van der Waals surface area contributed by atoms with E-state index in [0.717, 1.165) is 0 Å². The third-order valence-corrected chi connectivity index (χ3v) is 2.33. The molecule has 0 aliphatic heterocycles. The van der Waals surface area contributed by atoms with Crippen LogP contribution >= 0.6 is 15.9 Å². The van der Waals surface area contributed by atoms with E-state index < -0.39 is 10.7 Å². The fourth-order valence-corrected chi connectivity index (χ4v) is 1.26. The van der Waals surface area contributed by atoms with Crippen LogP contribution in [0.2, 0.25) is 0 Å². The van der Waals surface area contributed by atoms with Crippen molar-refractivity contribution >= 4 is 22.0 Å². The van der Waals surface area contributed by atoms with Crippen LogP contribution < -0.4 is 0 Å². The van der Waals surface area contributed by atoms with Crippen LogP contribution in [-0.4, -0.2) is 4.92 Å².